The Morgan fingerprint density at radius 2 is 2.24 bits per heavy atom. The number of amides is 1. The predicted molar refractivity (Wildman–Crippen MR) is 76.3 cm³/mol. The Bertz CT molecular complexity index is 647. The van der Waals surface area contributed by atoms with Gasteiger partial charge >= 0.3 is 0 Å². The van der Waals surface area contributed by atoms with Crippen LogP contribution < -0.4 is 5.32 Å². The van der Waals surface area contributed by atoms with Gasteiger partial charge in [-0.1, -0.05) is 13.8 Å². The van der Waals surface area contributed by atoms with Gasteiger partial charge in [-0.25, -0.2) is 0 Å². The van der Waals surface area contributed by atoms with Gasteiger partial charge in [0.1, 0.15) is 5.82 Å². The molecule has 1 N–H and O–H groups in total. The lowest BCUT2D eigenvalue weighted by atomic mass is 10.2. The van der Waals surface area contributed by atoms with Crippen molar-refractivity contribution in [3.05, 3.63) is 24.2 Å². The number of ether oxygens (including phenoxy) is 2. The van der Waals surface area contributed by atoms with Crippen LogP contribution in [-0.2, 0) is 14.3 Å². The highest BCUT2D eigenvalue weighted by molar-refractivity contribution is 5.94. The number of hydrogen-bond acceptors (Lipinski definition) is 5. The summed E-state index contributed by atoms with van der Waals surface area (Å²) in [7, 11) is 0. The lowest BCUT2D eigenvalue weighted by Gasteiger charge is -2.22. The molecule has 1 fully saturated rings. The van der Waals surface area contributed by atoms with Crippen LogP contribution in [0.3, 0.4) is 0 Å². The molecule has 3 rings (SSSR count). The van der Waals surface area contributed by atoms with Crippen molar-refractivity contribution in [1.29, 1.82) is 0 Å². The van der Waals surface area contributed by atoms with Crippen molar-refractivity contribution < 1.29 is 14.3 Å². The monoisotopic (exact) mass is 290 g/mol. The number of anilines is 1. The van der Waals surface area contributed by atoms with Gasteiger partial charge in [-0.15, -0.1) is 10.2 Å². The van der Waals surface area contributed by atoms with Gasteiger partial charge in [0, 0.05) is 12.1 Å². The lowest BCUT2D eigenvalue weighted by Crippen LogP contribution is -2.39. The molecule has 2 aromatic rings. The number of carbonyl (C=O) groups is 1. The molecule has 0 saturated carbocycles. The molecule has 0 radical (unpaired) electrons. The van der Waals surface area contributed by atoms with Crippen molar-refractivity contribution in [1.82, 2.24) is 14.6 Å². The topological polar surface area (TPSA) is 77.8 Å². The quantitative estimate of drug-likeness (QED) is 0.919. The molecule has 1 aliphatic heterocycles. The van der Waals surface area contributed by atoms with E-state index in [0.717, 1.165) is 11.5 Å². The minimum absolute atomic E-state index is 0.201. The van der Waals surface area contributed by atoms with Gasteiger partial charge in [0.05, 0.1) is 25.5 Å². The molecule has 0 aromatic carbocycles. The largest absolute Gasteiger partial charge is 0.376 e. The molecular weight excluding hydrogens is 272 g/mol. The van der Waals surface area contributed by atoms with Crippen LogP contribution in [0.2, 0.25) is 0 Å². The Kier molecular flexibility index (Phi) is 3.85. The van der Waals surface area contributed by atoms with Crippen LogP contribution in [0.4, 0.5) is 5.69 Å². The molecule has 1 amide bonds. The van der Waals surface area contributed by atoms with Crippen LogP contribution in [0.1, 0.15) is 25.6 Å². The van der Waals surface area contributed by atoms with Gasteiger partial charge in [0.2, 0.25) is 0 Å². The molecule has 2 aromatic heterocycles. The van der Waals surface area contributed by atoms with Crippen molar-refractivity contribution in [2.75, 3.05) is 25.1 Å². The zero-order valence-corrected chi connectivity index (χ0v) is 12.1. The summed E-state index contributed by atoms with van der Waals surface area (Å²) < 4.78 is 12.5. The second-order valence-corrected chi connectivity index (χ2v) is 5.28. The molecule has 0 bridgehead atoms. The zero-order chi connectivity index (χ0) is 14.8. The second kappa shape index (κ2) is 5.79. The smallest absolute Gasteiger partial charge is 0.255 e. The van der Waals surface area contributed by atoms with Crippen LogP contribution in [0.25, 0.3) is 5.65 Å². The van der Waals surface area contributed by atoms with Crippen molar-refractivity contribution in [3.63, 3.8) is 0 Å². The molecule has 1 aliphatic rings. The number of fused-ring (bicyclic) bond motifs is 1. The SMILES string of the molecule is CC(C)c1nnc2ccc(NC(=O)C3COCCO3)cn12. The first-order chi connectivity index (χ1) is 10.1. The van der Waals surface area contributed by atoms with E-state index in [1.165, 1.54) is 0 Å². The number of hydrogen-bond donors (Lipinski definition) is 1. The van der Waals surface area contributed by atoms with Crippen molar-refractivity contribution in [3.8, 4) is 0 Å². The van der Waals surface area contributed by atoms with Crippen molar-refractivity contribution in [2.24, 2.45) is 0 Å². The van der Waals surface area contributed by atoms with Gasteiger partial charge in [-0.3, -0.25) is 9.20 Å². The maximum absolute atomic E-state index is 12.1. The summed E-state index contributed by atoms with van der Waals surface area (Å²) in [6.45, 7) is 5.37. The van der Waals surface area contributed by atoms with Crippen LogP contribution in [-0.4, -0.2) is 46.4 Å². The van der Waals surface area contributed by atoms with E-state index in [0.29, 0.717) is 18.9 Å². The number of rotatable bonds is 3. The van der Waals surface area contributed by atoms with Gasteiger partial charge in [0.15, 0.2) is 11.8 Å². The number of pyridine rings is 1. The summed E-state index contributed by atoms with van der Waals surface area (Å²) in [5, 5.41) is 11.1. The zero-order valence-electron chi connectivity index (χ0n) is 12.1. The van der Waals surface area contributed by atoms with Crippen LogP contribution in [0.5, 0.6) is 0 Å². The molecule has 0 spiro atoms. The fourth-order valence-electron chi connectivity index (χ4n) is 2.24. The molecule has 3 heterocycles. The fourth-order valence-corrected chi connectivity index (χ4v) is 2.24. The van der Waals surface area contributed by atoms with Gasteiger partial charge in [0.25, 0.3) is 5.91 Å². The predicted octanol–water partition coefficient (Wildman–Crippen LogP) is 1.21. The Morgan fingerprint density at radius 1 is 1.38 bits per heavy atom. The van der Waals surface area contributed by atoms with E-state index >= 15 is 0 Å². The fraction of sp³-hybridized carbons (Fsp3) is 0.500. The van der Waals surface area contributed by atoms with Crippen LogP contribution in [0, 0.1) is 0 Å². The first kappa shape index (κ1) is 14.0. The summed E-state index contributed by atoms with van der Waals surface area (Å²) >= 11 is 0. The van der Waals surface area contributed by atoms with Gasteiger partial charge in [-0.2, -0.15) is 0 Å². The van der Waals surface area contributed by atoms with Crippen LogP contribution in [0.15, 0.2) is 18.3 Å². The van der Waals surface area contributed by atoms with E-state index in [4.69, 9.17) is 9.47 Å². The highest BCUT2D eigenvalue weighted by Gasteiger charge is 2.22. The van der Waals surface area contributed by atoms with Gasteiger partial charge < -0.3 is 14.8 Å². The molecule has 1 saturated heterocycles. The first-order valence-electron chi connectivity index (χ1n) is 7.00. The molecule has 7 heteroatoms. The minimum atomic E-state index is -0.556. The Hall–Kier alpha value is -1.99. The lowest BCUT2D eigenvalue weighted by molar-refractivity contribution is -0.142. The van der Waals surface area contributed by atoms with Crippen molar-refractivity contribution in [2.45, 2.75) is 25.9 Å². The second-order valence-electron chi connectivity index (χ2n) is 5.28. The highest BCUT2D eigenvalue weighted by atomic mass is 16.6. The summed E-state index contributed by atoms with van der Waals surface area (Å²) in [5.74, 6) is 0.910. The molecule has 7 nitrogen and oxygen atoms in total. The summed E-state index contributed by atoms with van der Waals surface area (Å²) in [6, 6.07) is 3.63. The molecule has 1 atom stereocenters. The molecule has 21 heavy (non-hydrogen) atoms. The third kappa shape index (κ3) is 2.88. The first-order valence-corrected chi connectivity index (χ1v) is 7.00. The van der Waals surface area contributed by atoms with E-state index in [1.807, 2.05) is 16.7 Å². The number of nitrogens with zero attached hydrogens (tertiary/aromatic N) is 3. The number of aromatic nitrogens is 3. The van der Waals surface area contributed by atoms with Crippen molar-refractivity contribution >= 4 is 17.2 Å². The summed E-state index contributed by atoms with van der Waals surface area (Å²) in [6.07, 6.45) is 1.27. The average Bonchev–Trinajstić information content (AvgIpc) is 2.91. The molecule has 0 aliphatic carbocycles. The van der Waals surface area contributed by atoms with Gasteiger partial charge in [-0.05, 0) is 12.1 Å². The summed E-state index contributed by atoms with van der Waals surface area (Å²) in [4.78, 5) is 12.1. The Morgan fingerprint density at radius 3 is 2.95 bits per heavy atom. The molecule has 112 valence electrons. The van der Waals surface area contributed by atoms with E-state index in [-0.39, 0.29) is 18.4 Å². The summed E-state index contributed by atoms with van der Waals surface area (Å²) in [5.41, 5.74) is 1.44. The van der Waals surface area contributed by atoms with E-state index < -0.39 is 6.10 Å². The number of nitrogens with one attached hydrogen (secondary N) is 1. The number of carbonyl (C=O) groups excluding carboxylic acids is 1. The molecule has 1 unspecified atom stereocenters. The standard InChI is InChI=1S/C14H18N4O3/c1-9(2)13-17-16-12-4-3-10(7-18(12)13)15-14(19)11-8-20-5-6-21-11/h3-4,7,9,11H,5-6,8H2,1-2H3,(H,15,19). The average molecular weight is 290 g/mol. The maximum atomic E-state index is 12.1. The third-order valence-corrected chi connectivity index (χ3v) is 3.32. The Balaban J connectivity index is 1.80. The normalized spacial score (nSPS) is 19.1. The highest BCUT2D eigenvalue weighted by Crippen LogP contribution is 2.17. The van der Waals surface area contributed by atoms with E-state index in [1.54, 1.807) is 6.07 Å². The van der Waals surface area contributed by atoms with Crippen LogP contribution >= 0.6 is 0 Å². The maximum Gasteiger partial charge on any atom is 0.255 e. The minimum Gasteiger partial charge on any atom is -0.376 e. The molecular formula is C14H18N4O3. The Labute approximate surface area is 122 Å². The van der Waals surface area contributed by atoms with E-state index in [9.17, 15) is 4.79 Å². The third-order valence-electron chi connectivity index (χ3n) is 3.32. The van der Waals surface area contributed by atoms with E-state index in [2.05, 4.69) is 29.4 Å².